The van der Waals surface area contributed by atoms with Gasteiger partial charge in [0.1, 0.15) is 11.5 Å². The Morgan fingerprint density at radius 2 is 1.67 bits per heavy atom. The Balaban J connectivity index is 0.00000288. The molecule has 0 amide bonds. The normalized spacial score (nSPS) is 16.4. The van der Waals surface area contributed by atoms with Crippen molar-refractivity contribution < 1.29 is 35.8 Å². The highest BCUT2D eigenvalue weighted by atomic mass is 35.5. The number of nitrogens with one attached hydrogen (secondary N) is 1. The van der Waals surface area contributed by atoms with Gasteiger partial charge in [-0.05, 0) is 50.0 Å². The van der Waals surface area contributed by atoms with Crippen LogP contribution in [0.25, 0.3) is 0 Å². The van der Waals surface area contributed by atoms with E-state index in [4.69, 9.17) is 4.74 Å². The molecule has 1 aromatic rings. The molecule has 0 aliphatic carbocycles. The minimum atomic E-state index is -4.86. The van der Waals surface area contributed by atoms with Crippen LogP contribution in [-0.2, 0) is 0 Å². The topological polar surface area (TPSA) is 30.5 Å². The van der Waals surface area contributed by atoms with E-state index in [1.807, 2.05) is 0 Å². The van der Waals surface area contributed by atoms with Gasteiger partial charge in [-0.3, -0.25) is 0 Å². The van der Waals surface area contributed by atoms with Crippen molar-refractivity contribution in [2.24, 2.45) is 0 Å². The fraction of sp³-hybridized carbons (Fsp3) is 0.571. The van der Waals surface area contributed by atoms with E-state index in [1.165, 1.54) is 0 Å². The maximum absolute atomic E-state index is 12.3. The predicted octanol–water partition coefficient (Wildman–Crippen LogP) is 4.42. The van der Waals surface area contributed by atoms with Crippen LogP contribution in [0.5, 0.6) is 11.5 Å². The Labute approximate surface area is 140 Å². The summed E-state index contributed by atoms with van der Waals surface area (Å²) in [5, 5.41) is 3.08. The fourth-order valence-corrected chi connectivity index (χ4v) is 2.47. The summed E-state index contributed by atoms with van der Waals surface area (Å²) in [4.78, 5) is 0. The lowest BCUT2D eigenvalue weighted by atomic mass is 9.89. The summed E-state index contributed by atoms with van der Waals surface area (Å²) in [5.74, 6) is -0.717. The first-order valence-electron chi connectivity index (χ1n) is 6.94. The molecule has 10 heteroatoms. The minimum Gasteiger partial charge on any atom is -0.484 e. The highest BCUT2D eigenvalue weighted by molar-refractivity contribution is 5.85. The van der Waals surface area contributed by atoms with Crippen molar-refractivity contribution in [2.75, 3.05) is 19.7 Å². The van der Waals surface area contributed by atoms with Crippen LogP contribution in [0.4, 0.5) is 26.3 Å². The van der Waals surface area contributed by atoms with Crippen LogP contribution in [0.1, 0.15) is 24.3 Å². The first kappa shape index (κ1) is 20.7. The Morgan fingerprint density at radius 1 is 1.04 bits per heavy atom. The van der Waals surface area contributed by atoms with Crippen molar-refractivity contribution >= 4 is 12.4 Å². The average Bonchev–Trinajstić information content (AvgIpc) is 2.44. The smallest absolute Gasteiger partial charge is 0.484 e. The van der Waals surface area contributed by atoms with Crippen LogP contribution < -0.4 is 14.8 Å². The standard InChI is InChI=1S/C14H15F6NO2.ClH/c15-13(16,17)8-22-12-2-1-10(23-14(18,19)20)7-11(12)9-3-5-21-6-4-9;/h1-2,7,9,21H,3-6,8H2;1H. The van der Waals surface area contributed by atoms with Gasteiger partial charge in [0.05, 0.1) is 0 Å². The molecule has 1 fully saturated rings. The third-order valence-electron chi connectivity index (χ3n) is 3.39. The number of benzene rings is 1. The molecule has 1 aliphatic heterocycles. The Kier molecular flexibility index (Phi) is 7.03. The molecule has 24 heavy (non-hydrogen) atoms. The number of alkyl halides is 6. The lowest BCUT2D eigenvalue weighted by Crippen LogP contribution is -2.27. The summed E-state index contributed by atoms with van der Waals surface area (Å²) in [7, 11) is 0. The van der Waals surface area contributed by atoms with Crippen molar-refractivity contribution in [3.05, 3.63) is 23.8 Å². The van der Waals surface area contributed by atoms with Crippen molar-refractivity contribution in [1.29, 1.82) is 0 Å². The van der Waals surface area contributed by atoms with Crippen molar-refractivity contribution in [2.45, 2.75) is 31.3 Å². The number of ether oxygens (including phenoxy) is 2. The highest BCUT2D eigenvalue weighted by Gasteiger charge is 2.33. The summed E-state index contributed by atoms with van der Waals surface area (Å²) in [6.45, 7) is -0.230. The zero-order valence-corrected chi connectivity index (χ0v) is 13.2. The molecule has 1 aromatic carbocycles. The molecule has 0 unspecified atom stereocenters. The largest absolute Gasteiger partial charge is 0.573 e. The number of piperidine rings is 1. The monoisotopic (exact) mass is 379 g/mol. The fourth-order valence-electron chi connectivity index (χ4n) is 2.47. The van der Waals surface area contributed by atoms with E-state index in [0.29, 0.717) is 31.5 Å². The molecule has 0 atom stereocenters. The molecule has 3 nitrogen and oxygen atoms in total. The number of rotatable bonds is 4. The molecule has 0 spiro atoms. The molecule has 1 N–H and O–H groups in total. The summed E-state index contributed by atoms with van der Waals surface area (Å²) < 4.78 is 82.4. The summed E-state index contributed by atoms with van der Waals surface area (Å²) in [5.41, 5.74) is 0.303. The molecule has 138 valence electrons. The van der Waals surface area contributed by atoms with Crippen LogP contribution in [0, 0.1) is 0 Å². The molecular weight excluding hydrogens is 364 g/mol. The third-order valence-corrected chi connectivity index (χ3v) is 3.39. The van der Waals surface area contributed by atoms with Gasteiger partial charge < -0.3 is 14.8 Å². The molecule has 0 saturated carbocycles. The van der Waals surface area contributed by atoms with E-state index < -0.39 is 24.9 Å². The van der Waals surface area contributed by atoms with Crippen molar-refractivity contribution in [1.82, 2.24) is 5.32 Å². The predicted molar refractivity (Wildman–Crippen MR) is 76.8 cm³/mol. The van der Waals surface area contributed by atoms with Gasteiger partial charge in [0.25, 0.3) is 0 Å². The number of hydrogen-bond acceptors (Lipinski definition) is 3. The minimum absolute atomic E-state index is 0. The number of hydrogen-bond donors (Lipinski definition) is 1. The van der Waals surface area contributed by atoms with E-state index >= 15 is 0 Å². The third kappa shape index (κ3) is 6.64. The summed E-state index contributed by atoms with van der Waals surface area (Å²) in [6, 6.07) is 3.14. The van der Waals surface area contributed by atoms with Crippen molar-refractivity contribution in [3.63, 3.8) is 0 Å². The quantitative estimate of drug-likeness (QED) is 0.786. The van der Waals surface area contributed by atoms with Gasteiger partial charge in [-0.2, -0.15) is 13.2 Å². The molecular formula is C14H16ClF6NO2. The highest BCUT2D eigenvalue weighted by Crippen LogP contribution is 2.37. The molecule has 0 aromatic heterocycles. The van der Waals surface area contributed by atoms with E-state index in [9.17, 15) is 26.3 Å². The van der Waals surface area contributed by atoms with Gasteiger partial charge in [0.15, 0.2) is 6.61 Å². The average molecular weight is 380 g/mol. The lowest BCUT2D eigenvalue weighted by molar-refractivity contribution is -0.274. The molecule has 0 bridgehead atoms. The van der Waals surface area contributed by atoms with E-state index in [-0.39, 0.29) is 24.1 Å². The van der Waals surface area contributed by atoms with Crippen LogP contribution in [0.2, 0.25) is 0 Å². The lowest BCUT2D eigenvalue weighted by Gasteiger charge is -2.25. The Morgan fingerprint density at radius 3 is 2.21 bits per heavy atom. The van der Waals surface area contributed by atoms with Gasteiger partial charge in [0, 0.05) is 5.56 Å². The molecule has 0 radical (unpaired) electrons. The molecule has 1 heterocycles. The SMILES string of the molecule is Cl.FC(F)(F)COc1ccc(OC(F)(F)F)cc1C1CCNCC1. The van der Waals surface area contributed by atoms with Gasteiger partial charge in [-0.1, -0.05) is 0 Å². The van der Waals surface area contributed by atoms with Crippen LogP contribution >= 0.6 is 12.4 Å². The van der Waals surface area contributed by atoms with E-state index in [0.717, 1.165) is 18.2 Å². The van der Waals surface area contributed by atoms with Gasteiger partial charge >= 0.3 is 12.5 Å². The maximum atomic E-state index is 12.3. The van der Waals surface area contributed by atoms with Gasteiger partial charge in [-0.25, -0.2) is 0 Å². The molecule has 1 saturated heterocycles. The second kappa shape index (κ2) is 8.15. The Bertz CT molecular complexity index is 529. The summed E-state index contributed by atoms with van der Waals surface area (Å²) >= 11 is 0. The summed E-state index contributed by atoms with van der Waals surface area (Å²) in [6.07, 6.45) is -8.19. The second-order valence-electron chi connectivity index (χ2n) is 5.18. The zero-order valence-electron chi connectivity index (χ0n) is 12.3. The van der Waals surface area contributed by atoms with Crippen LogP contribution in [0.3, 0.4) is 0 Å². The Hall–Kier alpha value is -1.35. The zero-order chi connectivity index (χ0) is 17.1. The first-order valence-corrected chi connectivity index (χ1v) is 6.94. The molecule has 2 rings (SSSR count). The van der Waals surface area contributed by atoms with Gasteiger partial charge in [-0.15, -0.1) is 25.6 Å². The van der Waals surface area contributed by atoms with E-state index in [1.54, 1.807) is 0 Å². The molecule has 1 aliphatic rings. The first-order chi connectivity index (χ1) is 10.6. The second-order valence-corrected chi connectivity index (χ2v) is 5.18. The maximum Gasteiger partial charge on any atom is 0.573 e. The van der Waals surface area contributed by atoms with Crippen molar-refractivity contribution in [3.8, 4) is 11.5 Å². The van der Waals surface area contributed by atoms with Crippen LogP contribution in [0.15, 0.2) is 18.2 Å². The van der Waals surface area contributed by atoms with Crippen LogP contribution in [-0.4, -0.2) is 32.2 Å². The van der Waals surface area contributed by atoms with E-state index in [2.05, 4.69) is 10.1 Å². The number of halogens is 7. The van der Waals surface area contributed by atoms with Gasteiger partial charge in [0.2, 0.25) is 0 Å².